The number of hydrogen-bond donors (Lipinski definition) is 2. The van der Waals surface area contributed by atoms with E-state index >= 15 is 0 Å². The molecule has 2 aromatic rings. The van der Waals surface area contributed by atoms with Gasteiger partial charge < -0.3 is 0 Å². The molecule has 0 aliphatic heterocycles. The van der Waals surface area contributed by atoms with Gasteiger partial charge >= 0.3 is 0 Å². The number of carbonyl (C=O) groups excluding carboxylic acids is 1. The lowest BCUT2D eigenvalue weighted by molar-refractivity contribution is -0.119. The molecule has 6 nitrogen and oxygen atoms in total. The Morgan fingerprint density at radius 2 is 2.00 bits per heavy atom. The Hall–Kier alpha value is -1.70. The summed E-state index contributed by atoms with van der Waals surface area (Å²) in [6, 6.07) is 7.62. The predicted molar refractivity (Wildman–Crippen MR) is 70.9 cm³/mol. The van der Waals surface area contributed by atoms with Crippen LogP contribution in [-0.2, 0) is 14.8 Å². The van der Waals surface area contributed by atoms with Gasteiger partial charge in [0.2, 0.25) is 5.91 Å². The number of carbonyl (C=O) groups is 1. The maximum atomic E-state index is 11.9. The van der Waals surface area contributed by atoms with E-state index in [4.69, 9.17) is 11.6 Å². The van der Waals surface area contributed by atoms with Crippen LogP contribution in [0.15, 0.2) is 35.2 Å². The molecule has 0 radical (unpaired) electrons. The van der Waals surface area contributed by atoms with E-state index in [0.29, 0.717) is 16.1 Å². The van der Waals surface area contributed by atoms with Gasteiger partial charge in [0, 0.05) is 12.3 Å². The second-order valence-electron chi connectivity index (χ2n) is 3.78. The van der Waals surface area contributed by atoms with Crippen LogP contribution >= 0.6 is 11.6 Å². The van der Waals surface area contributed by atoms with Gasteiger partial charge in [-0.15, -0.1) is 4.83 Å². The van der Waals surface area contributed by atoms with Crippen LogP contribution in [0.5, 0.6) is 0 Å². The summed E-state index contributed by atoms with van der Waals surface area (Å²) in [5.41, 5.74) is 2.62. The molecule has 0 spiro atoms. The van der Waals surface area contributed by atoms with Gasteiger partial charge in [0.15, 0.2) is 0 Å². The van der Waals surface area contributed by atoms with Crippen LogP contribution < -0.4 is 10.3 Å². The van der Waals surface area contributed by atoms with Crippen molar-refractivity contribution in [3.63, 3.8) is 0 Å². The van der Waals surface area contributed by atoms with Crippen LogP contribution in [0.4, 0.5) is 0 Å². The lowest BCUT2D eigenvalue weighted by Gasteiger charge is -2.07. The van der Waals surface area contributed by atoms with Crippen molar-refractivity contribution in [3.05, 3.63) is 35.5 Å². The van der Waals surface area contributed by atoms with E-state index in [9.17, 15) is 13.2 Å². The van der Waals surface area contributed by atoms with E-state index < -0.39 is 15.9 Å². The number of sulfonamides is 1. The van der Waals surface area contributed by atoms with Crippen LogP contribution in [0.2, 0.25) is 5.15 Å². The van der Waals surface area contributed by atoms with E-state index in [1.165, 1.54) is 19.1 Å². The van der Waals surface area contributed by atoms with Crippen LogP contribution in [0.3, 0.4) is 0 Å². The molecule has 2 rings (SSSR count). The van der Waals surface area contributed by atoms with Crippen molar-refractivity contribution in [1.82, 2.24) is 15.2 Å². The number of nitrogens with one attached hydrogen (secondary N) is 2. The molecular formula is C11H10ClN3O3S. The molecule has 0 saturated carbocycles. The normalized spacial score (nSPS) is 11.5. The number of aromatic nitrogens is 1. The number of benzene rings is 1. The van der Waals surface area contributed by atoms with E-state index in [-0.39, 0.29) is 4.90 Å². The number of amides is 1. The third kappa shape index (κ3) is 3.19. The highest BCUT2D eigenvalue weighted by Gasteiger charge is 2.14. The average molecular weight is 300 g/mol. The topological polar surface area (TPSA) is 88.2 Å². The van der Waals surface area contributed by atoms with Gasteiger partial charge in [-0.05, 0) is 30.3 Å². The molecule has 0 unspecified atom stereocenters. The standard InChI is InChI=1S/C11H10ClN3O3S/c1-7(16)14-15-19(17,18)9-3-4-10-8(6-9)2-5-11(12)13-10/h2-6,15H,1H3,(H,14,16). The second-order valence-corrected chi connectivity index (χ2v) is 5.84. The summed E-state index contributed by atoms with van der Waals surface area (Å²) < 4.78 is 23.7. The van der Waals surface area contributed by atoms with Crippen molar-refractivity contribution in [2.45, 2.75) is 11.8 Å². The highest BCUT2D eigenvalue weighted by atomic mass is 35.5. The summed E-state index contributed by atoms with van der Waals surface area (Å²) in [4.78, 5) is 16.8. The molecule has 2 N–H and O–H groups in total. The molecule has 0 saturated heterocycles. The third-order valence-corrected chi connectivity index (χ3v) is 3.75. The highest BCUT2D eigenvalue weighted by Crippen LogP contribution is 2.19. The number of rotatable bonds is 3. The molecule has 1 amide bonds. The van der Waals surface area contributed by atoms with Gasteiger partial charge in [0.05, 0.1) is 10.4 Å². The van der Waals surface area contributed by atoms with Gasteiger partial charge in [-0.3, -0.25) is 10.2 Å². The molecule has 19 heavy (non-hydrogen) atoms. The fourth-order valence-electron chi connectivity index (χ4n) is 1.44. The number of nitrogens with zero attached hydrogens (tertiary/aromatic N) is 1. The predicted octanol–water partition coefficient (Wildman–Crippen LogP) is 1.22. The Kier molecular flexibility index (Phi) is 3.70. The zero-order valence-corrected chi connectivity index (χ0v) is 11.4. The Morgan fingerprint density at radius 3 is 2.68 bits per heavy atom. The number of pyridine rings is 1. The average Bonchev–Trinajstić information content (AvgIpc) is 2.36. The second kappa shape index (κ2) is 5.12. The lowest BCUT2D eigenvalue weighted by atomic mass is 10.2. The van der Waals surface area contributed by atoms with Crippen molar-refractivity contribution < 1.29 is 13.2 Å². The largest absolute Gasteiger partial charge is 0.278 e. The smallest absolute Gasteiger partial charge is 0.257 e. The maximum absolute atomic E-state index is 11.9. The molecule has 1 heterocycles. The maximum Gasteiger partial charge on any atom is 0.257 e. The van der Waals surface area contributed by atoms with E-state index in [2.05, 4.69) is 4.98 Å². The van der Waals surface area contributed by atoms with Crippen molar-refractivity contribution >= 4 is 38.4 Å². The minimum Gasteiger partial charge on any atom is -0.278 e. The van der Waals surface area contributed by atoms with Crippen molar-refractivity contribution in [1.29, 1.82) is 0 Å². The molecule has 0 bridgehead atoms. The van der Waals surface area contributed by atoms with Gasteiger partial charge in [-0.1, -0.05) is 11.6 Å². The van der Waals surface area contributed by atoms with Gasteiger partial charge in [-0.2, -0.15) is 0 Å². The molecule has 0 aliphatic rings. The number of hydrazine groups is 1. The number of fused-ring (bicyclic) bond motifs is 1. The zero-order chi connectivity index (χ0) is 14.0. The van der Waals surface area contributed by atoms with Gasteiger partial charge in [-0.25, -0.2) is 13.4 Å². The van der Waals surface area contributed by atoms with Crippen LogP contribution in [0.1, 0.15) is 6.92 Å². The summed E-state index contributed by atoms with van der Waals surface area (Å²) in [7, 11) is -3.80. The first-order chi connectivity index (χ1) is 8.88. The van der Waals surface area contributed by atoms with E-state index in [1.807, 2.05) is 10.3 Å². The van der Waals surface area contributed by atoms with Crippen LogP contribution in [0.25, 0.3) is 10.9 Å². The van der Waals surface area contributed by atoms with Crippen molar-refractivity contribution in [2.24, 2.45) is 0 Å². The molecule has 0 aliphatic carbocycles. The number of halogens is 1. The summed E-state index contributed by atoms with van der Waals surface area (Å²) in [6.07, 6.45) is 0. The summed E-state index contributed by atoms with van der Waals surface area (Å²) in [5, 5.41) is 0.967. The molecule has 0 atom stereocenters. The van der Waals surface area contributed by atoms with Gasteiger partial charge in [0.25, 0.3) is 10.0 Å². The van der Waals surface area contributed by atoms with E-state index in [0.717, 1.165) is 0 Å². The SMILES string of the molecule is CC(=O)NNS(=O)(=O)c1ccc2nc(Cl)ccc2c1. The van der Waals surface area contributed by atoms with Crippen LogP contribution in [-0.4, -0.2) is 19.3 Å². The quantitative estimate of drug-likeness (QED) is 0.659. The Bertz CT molecular complexity index is 746. The Labute approximate surface area is 114 Å². The molecule has 0 fully saturated rings. The minimum absolute atomic E-state index is 0.0258. The molecule has 100 valence electrons. The van der Waals surface area contributed by atoms with Crippen LogP contribution in [0, 0.1) is 0 Å². The van der Waals surface area contributed by atoms with E-state index in [1.54, 1.807) is 18.2 Å². The Balaban J connectivity index is 2.40. The fourth-order valence-corrected chi connectivity index (χ4v) is 2.52. The molecular weight excluding hydrogens is 290 g/mol. The van der Waals surface area contributed by atoms with Gasteiger partial charge in [0.1, 0.15) is 5.15 Å². The zero-order valence-electron chi connectivity index (χ0n) is 9.84. The van der Waals surface area contributed by atoms with Crippen molar-refractivity contribution in [3.8, 4) is 0 Å². The summed E-state index contributed by atoms with van der Waals surface area (Å²) in [6.45, 7) is 1.20. The summed E-state index contributed by atoms with van der Waals surface area (Å²) in [5.74, 6) is -0.502. The minimum atomic E-state index is -3.80. The summed E-state index contributed by atoms with van der Waals surface area (Å²) >= 11 is 5.74. The molecule has 1 aromatic carbocycles. The first-order valence-electron chi connectivity index (χ1n) is 5.23. The Morgan fingerprint density at radius 1 is 1.26 bits per heavy atom. The molecule has 8 heteroatoms. The fraction of sp³-hybridized carbons (Fsp3) is 0.0909. The lowest BCUT2D eigenvalue weighted by Crippen LogP contribution is -2.40. The third-order valence-electron chi connectivity index (χ3n) is 2.30. The number of hydrogen-bond acceptors (Lipinski definition) is 4. The molecule has 1 aromatic heterocycles. The highest BCUT2D eigenvalue weighted by molar-refractivity contribution is 7.89. The van der Waals surface area contributed by atoms with Crippen molar-refractivity contribution in [2.75, 3.05) is 0 Å². The first kappa shape index (κ1) is 13.7. The first-order valence-corrected chi connectivity index (χ1v) is 7.09. The monoisotopic (exact) mass is 299 g/mol.